The maximum Gasteiger partial charge on any atom is 0.324 e. The van der Waals surface area contributed by atoms with E-state index in [0.29, 0.717) is 6.07 Å². The lowest BCUT2D eigenvalue weighted by Gasteiger charge is -2.02. The molecular formula is C7H3F3N2O3. The molecule has 80 valence electrons. The lowest BCUT2D eigenvalue weighted by Crippen LogP contribution is -2.04. The highest BCUT2D eigenvalue weighted by Gasteiger charge is 2.23. The number of rotatable bonds is 3. The molecule has 0 aliphatic carbocycles. The number of nitrogens with zero attached hydrogens (tertiary/aromatic N) is 2. The van der Waals surface area contributed by atoms with Crippen LogP contribution in [0.3, 0.4) is 0 Å². The molecule has 0 fully saturated rings. The van der Waals surface area contributed by atoms with Crippen molar-refractivity contribution in [1.82, 2.24) is 4.98 Å². The van der Waals surface area contributed by atoms with Gasteiger partial charge in [-0.25, -0.2) is 13.8 Å². The number of halogens is 3. The standard InChI is InChI=1S/C7H3F3N2O3/c8-6(9)3-1-5(12(14)15)7(10)11-4(3)2-13/h1-2,6H. The first-order valence-corrected chi connectivity index (χ1v) is 3.55. The molecule has 1 aromatic heterocycles. The van der Waals surface area contributed by atoms with Gasteiger partial charge in [-0.3, -0.25) is 14.9 Å². The summed E-state index contributed by atoms with van der Waals surface area (Å²) in [7, 11) is 0. The summed E-state index contributed by atoms with van der Waals surface area (Å²) in [6, 6.07) is 0.302. The Labute approximate surface area is 80.7 Å². The zero-order valence-corrected chi connectivity index (χ0v) is 6.99. The number of pyridine rings is 1. The molecule has 0 spiro atoms. The molecule has 1 heterocycles. The molecule has 0 saturated carbocycles. The van der Waals surface area contributed by atoms with E-state index in [2.05, 4.69) is 4.98 Å². The molecule has 0 amide bonds. The summed E-state index contributed by atoms with van der Waals surface area (Å²) in [5, 5.41) is 10.2. The quantitative estimate of drug-likeness (QED) is 0.337. The molecule has 1 rings (SSSR count). The predicted octanol–water partition coefficient (Wildman–Crippen LogP) is 1.88. The minimum Gasteiger partial charge on any atom is -0.296 e. The summed E-state index contributed by atoms with van der Waals surface area (Å²) < 4.78 is 37.3. The average molecular weight is 220 g/mol. The molecule has 0 aliphatic heterocycles. The van der Waals surface area contributed by atoms with Gasteiger partial charge in [0.15, 0.2) is 6.29 Å². The first kappa shape index (κ1) is 11.1. The van der Waals surface area contributed by atoms with Crippen molar-refractivity contribution in [2.75, 3.05) is 0 Å². The molecule has 5 nitrogen and oxygen atoms in total. The van der Waals surface area contributed by atoms with Gasteiger partial charge in [-0.05, 0) is 0 Å². The Kier molecular flexibility index (Phi) is 2.98. The zero-order valence-electron chi connectivity index (χ0n) is 6.99. The Hall–Kier alpha value is -1.99. The first-order valence-electron chi connectivity index (χ1n) is 3.55. The second kappa shape index (κ2) is 4.03. The van der Waals surface area contributed by atoms with Crippen LogP contribution < -0.4 is 0 Å². The molecule has 8 heteroatoms. The van der Waals surface area contributed by atoms with Crippen molar-refractivity contribution >= 4 is 12.0 Å². The number of nitro groups is 1. The van der Waals surface area contributed by atoms with Crippen LogP contribution in [0, 0.1) is 16.1 Å². The largest absolute Gasteiger partial charge is 0.324 e. The Morgan fingerprint density at radius 2 is 2.13 bits per heavy atom. The Morgan fingerprint density at radius 3 is 2.53 bits per heavy atom. The van der Waals surface area contributed by atoms with Crippen molar-refractivity contribution in [3.05, 3.63) is 33.4 Å². The van der Waals surface area contributed by atoms with Crippen molar-refractivity contribution in [2.45, 2.75) is 6.43 Å². The van der Waals surface area contributed by atoms with Crippen LogP contribution in [0.4, 0.5) is 18.9 Å². The normalized spacial score (nSPS) is 10.4. The van der Waals surface area contributed by atoms with Crippen LogP contribution in [0.2, 0.25) is 0 Å². The van der Waals surface area contributed by atoms with Crippen molar-refractivity contribution in [3.8, 4) is 0 Å². The number of aromatic nitrogens is 1. The molecular weight excluding hydrogens is 217 g/mol. The maximum absolute atomic E-state index is 12.8. The van der Waals surface area contributed by atoms with Crippen LogP contribution in [0.5, 0.6) is 0 Å². The second-order valence-electron chi connectivity index (χ2n) is 2.45. The summed E-state index contributed by atoms with van der Waals surface area (Å²) in [6.45, 7) is 0. The molecule has 0 aromatic carbocycles. The Bertz CT molecular complexity index is 422. The molecule has 15 heavy (non-hydrogen) atoms. The van der Waals surface area contributed by atoms with Gasteiger partial charge in [0.1, 0.15) is 5.69 Å². The maximum atomic E-state index is 12.8. The van der Waals surface area contributed by atoms with Crippen LogP contribution in [-0.2, 0) is 0 Å². The topological polar surface area (TPSA) is 73.1 Å². The van der Waals surface area contributed by atoms with Crippen molar-refractivity contribution in [1.29, 1.82) is 0 Å². The fraction of sp³-hybridized carbons (Fsp3) is 0.143. The van der Waals surface area contributed by atoms with Crippen LogP contribution in [0.25, 0.3) is 0 Å². The summed E-state index contributed by atoms with van der Waals surface area (Å²) in [5.74, 6) is -1.56. The molecule has 0 bridgehead atoms. The first-order chi connectivity index (χ1) is 6.97. The second-order valence-corrected chi connectivity index (χ2v) is 2.45. The Balaban J connectivity index is 3.43. The smallest absolute Gasteiger partial charge is 0.296 e. The van der Waals surface area contributed by atoms with Gasteiger partial charge >= 0.3 is 5.69 Å². The summed E-state index contributed by atoms with van der Waals surface area (Å²) >= 11 is 0. The SMILES string of the molecule is O=Cc1nc(F)c([N+](=O)[O-])cc1C(F)F. The minimum atomic E-state index is -3.13. The van der Waals surface area contributed by atoms with Crippen molar-refractivity contribution in [3.63, 3.8) is 0 Å². The number of carbonyl (C=O) groups excluding carboxylic acids is 1. The van der Waals surface area contributed by atoms with E-state index in [9.17, 15) is 28.1 Å². The molecule has 0 atom stereocenters. The summed E-state index contributed by atoms with van der Waals surface area (Å²) in [4.78, 5) is 22.0. The van der Waals surface area contributed by atoms with Gasteiger partial charge in [-0.1, -0.05) is 0 Å². The predicted molar refractivity (Wildman–Crippen MR) is 41.2 cm³/mol. The number of aldehydes is 1. The highest BCUT2D eigenvalue weighted by molar-refractivity contribution is 5.75. The van der Waals surface area contributed by atoms with Gasteiger partial charge < -0.3 is 0 Å². The molecule has 0 radical (unpaired) electrons. The third-order valence-corrected chi connectivity index (χ3v) is 1.56. The number of carbonyl (C=O) groups is 1. The van der Waals surface area contributed by atoms with Gasteiger partial charge in [0.05, 0.1) is 10.5 Å². The van der Waals surface area contributed by atoms with E-state index >= 15 is 0 Å². The Morgan fingerprint density at radius 1 is 1.53 bits per heavy atom. The van der Waals surface area contributed by atoms with Crippen LogP contribution in [-0.4, -0.2) is 16.2 Å². The molecule has 1 aromatic rings. The zero-order chi connectivity index (χ0) is 11.6. The fourth-order valence-electron chi connectivity index (χ4n) is 0.906. The molecule has 0 saturated heterocycles. The van der Waals surface area contributed by atoms with Gasteiger partial charge in [0.25, 0.3) is 12.4 Å². The third-order valence-electron chi connectivity index (χ3n) is 1.56. The number of alkyl halides is 2. The van der Waals surface area contributed by atoms with Crippen LogP contribution in [0.15, 0.2) is 6.07 Å². The summed E-state index contributed by atoms with van der Waals surface area (Å²) in [6.07, 6.45) is -3.22. The highest BCUT2D eigenvalue weighted by Crippen LogP contribution is 2.26. The molecule has 0 unspecified atom stereocenters. The lowest BCUT2D eigenvalue weighted by atomic mass is 10.2. The van der Waals surface area contributed by atoms with E-state index in [1.807, 2.05) is 0 Å². The monoisotopic (exact) mass is 220 g/mol. The molecule has 0 aliphatic rings. The van der Waals surface area contributed by atoms with E-state index < -0.39 is 34.2 Å². The van der Waals surface area contributed by atoms with E-state index in [1.54, 1.807) is 0 Å². The van der Waals surface area contributed by atoms with Gasteiger partial charge in [0.2, 0.25) is 0 Å². The summed E-state index contributed by atoms with van der Waals surface area (Å²) in [5.41, 5.74) is -2.98. The van der Waals surface area contributed by atoms with E-state index in [-0.39, 0.29) is 6.29 Å². The minimum absolute atomic E-state index is 0.0890. The highest BCUT2D eigenvalue weighted by atomic mass is 19.3. The molecule has 0 N–H and O–H groups in total. The third kappa shape index (κ3) is 2.09. The lowest BCUT2D eigenvalue weighted by molar-refractivity contribution is -0.388. The van der Waals surface area contributed by atoms with Crippen LogP contribution in [0.1, 0.15) is 22.5 Å². The van der Waals surface area contributed by atoms with E-state index in [0.717, 1.165) is 0 Å². The fourth-order valence-corrected chi connectivity index (χ4v) is 0.906. The van der Waals surface area contributed by atoms with E-state index in [4.69, 9.17) is 0 Å². The average Bonchev–Trinajstić information content (AvgIpc) is 2.16. The van der Waals surface area contributed by atoms with Crippen molar-refractivity contribution < 1.29 is 22.9 Å². The number of hydrogen-bond acceptors (Lipinski definition) is 4. The van der Waals surface area contributed by atoms with Gasteiger partial charge in [-0.2, -0.15) is 4.39 Å². The van der Waals surface area contributed by atoms with Gasteiger partial charge in [-0.15, -0.1) is 0 Å². The van der Waals surface area contributed by atoms with Crippen LogP contribution >= 0.6 is 0 Å². The number of hydrogen-bond donors (Lipinski definition) is 0. The van der Waals surface area contributed by atoms with Gasteiger partial charge in [0, 0.05) is 6.07 Å². The van der Waals surface area contributed by atoms with Crippen molar-refractivity contribution in [2.24, 2.45) is 0 Å². The van der Waals surface area contributed by atoms with E-state index in [1.165, 1.54) is 0 Å².